The Hall–Kier alpha value is -10.1. The Bertz CT molecular complexity index is 5080. The van der Waals surface area contributed by atoms with Crippen LogP contribution in [-0.2, 0) is 54.9 Å². The third-order valence-corrected chi connectivity index (χ3v) is 20.1. The predicted molar refractivity (Wildman–Crippen MR) is 365 cm³/mol. The third-order valence-electron chi connectivity index (χ3n) is 18.3. The average molecular weight is 1420 g/mol. The quantitative estimate of drug-likeness (QED) is 0.0533. The molecule has 0 spiro atoms. The van der Waals surface area contributed by atoms with Gasteiger partial charge in [0.15, 0.2) is 5.69 Å². The predicted octanol–water partition coefficient (Wildman–Crippen LogP) is 13.4. The lowest BCUT2D eigenvalue weighted by Gasteiger charge is -2.25. The lowest BCUT2D eigenvalue weighted by molar-refractivity contribution is -0.142. The zero-order valence-electron chi connectivity index (χ0n) is 55.5. The van der Waals surface area contributed by atoms with Gasteiger partial charge in [-0.15, -0.1) is 0 Å². The number of aromatic amines is 6. The minimum Gasteiger partial charge on any atom is -0.356 e. The van der Waals surface area contributed by atoms with Crippen molar-refractivity contribution in [2.75, 3.05) is 14.1 Å². The molecule has 0 fully saturated rings. The van der Waals surface area contributed by atoms with Crippen molar-refractivity contribution in [2.24, 2.45) is 7.05 Å². The van der Waals surface area contributed by atoms with Gasteiger partial charge in [0, 0.05) is 128 Å². The van der Waals surface area contributed by atoms with Crippen molar-refractivity contribution in [3.63, 3.8) is 0 Å². The van der Waals surface area contributed by atoms with Gasteiger partial charge in [-0.1, -0.05) is 115 Å². The SMILES string of the molecule is CC(C)n1cc(C2=CCC(c3[nH]c(=O)[nH]c(=O)c3Cc3ccccc3)CC2)c(C(F)(F)F)n1.CN(C)S(=O)(=O)c1ccc(C2=CCC(c3[nH]c(=O)[nH]c(=O)c3Cc3ccccc3)CC2)c(C(F)(F)F)c1.Cn1cc(C2=CCC(c3[nH]c(=O)[nH]c(=O)c3Cc3ccccc3)CC2)c(C(F)(F)F)c1. The summed E-state index contributed by atoms with van der Waals surface area (Å²) in [6.07, 6.45) is 0.279. The average Bonchev–Trinajstić information content (AvgIpc) is 1.69. The van der Waals surface area contributed by atoms with Gasteiger partial charge in [0.2, 0.25) is 10.0 Å². The molecule has 28 heteroatoms. The van der Waals surface area contributed by atoms with E-state index in [2.05, 4.69) is 35.0 Å². The first kappa shape index (κ1) is 73.6. The molecule has 6 N–H and O–H groups in total. The molecule has 3 aliphatic carbocycles. The second kappa shape index (κ2) is 30.4. The number of aryl methyl sites for hydroxylation is 1. The van der Waals surface area contributed by atoms with E-state index in [4.69, 9.17) is 0 Å². The van der Waals surface area contributed by atoms with E-state index in [0.717, 1.165) is 27.2 Å². The van der Waals surface area contributed by atoms with E-state index in [1.807, 2.05) is 91.0 Å². The molecule has 3 aliphatic rings. The highest BCUT2D eigenvalue weighted by Crippen LogP contribution is 2.45. The summed E-state index contributed by atoms with van der Waals surface area (Å²) in [5, 5.41) is 3.78. The zero-order chi connectivity index (χ0) is 72.9. The standard InChI is InChI=1S/C26H26F3N3O4S.C24H25F3N4O2.C23H22F3N3O2/c1-32(2)37(35,36)19-12-13-20(22(15-19)26(27,28)29)17-8-10-18(11-9-17)23-21(24(33)31-25(34)30-23)14-16-6-4-3-5-7-16;1-14(2)31-13-19(21(30-31)24(25,26)27)16-8-10-17(11-9-16)20-18(22(32)29-23(33)28-20)12-15-6-4-3-5-7-15;1-29-12-18(19(13-29)23(24,25)26)15-7-9-16(10-8-15)20-17(21(30)28-22(31)27-20)11-14-5-3-2-4-6-14/h3-8,12-13,15,18H,9-11,14H2,1-2H3,(H2,30,31,33,34);3-8,13-14,17H,9-12H2,1-2H3,(H2,28,29,32,33);2-7,12-13,16H,8-11H2,1H3,(H2,27,28,30,31). The third kappa shape index (κ3) is 17.6. The van der Waals surface area contributed by atoms with Gasteiger partial charge >= 0.3 is 35.6 Å². The molecule has 0 amide bonds. The number of sulfonamides is 1. The van der Waals surface area contributed by atoms with Crippen molar-refractivity contribution in [3.05, 3.63) is 293 Å². The number of nitrogens with zero attached hydrogens (tertiary/aromatic N) is 4. The topological polar surface area (TPSA) is 257 Å². The van der Waals surface area contributed by atoms with E-state index < -0.39 is 84.0 Å². The van der Waals surface area contributed by atoms with Crippen LogP contribution in [0, 0.1) is 0 Å². The first-order valence-electron chi connectivity index (χ1n) is 32.5. The first-order valence-corrected chi connectivity index (χ1v) is 34.0. The fourth-order valence-corrected chi connectivity index (χ4v) is 14.1. The number of hydrogen-bond donors (Lipinski definition) is 6. The molecule has 101 heavy (non-hydrogen) atoms. The van der Waals surface area contributed by atoms with Gasteiger partial charge in [0.1, 0.15) is 0 Å². The van der Waals surface area contributed by atoms with Gasteiger partial charge < -0.3 is 19.5 Å². The van der Waals surface area contributed by atoms with Crippen LogP contribution in [0.1, 0.15) is 179 Å². The summed E-state index contributed by atoms with van der Waals surface area (Å²) in [7, 11) is 0.0386. The van der Waals surface area contributed by atoms with E-state index in [0.29, 0.717) is 127 Å². The van der Waals surface area contributed by atoms with Crippen molar-refractivity contribution in [1.82, 2.24) is 48.6 Å². The molecule has 5 aromatic heterocycles. The molecule has 12 rings (SSSR count). The Balaban J connectivity index is 0.000000164. The Morgan fingerprint density at radius 2 is 0.861 bits per heavy atom. The van der Waals surface area contributed by atoms with E-state index >= 15 is 0 Å². The minimum atomic E-state index is -4.76. The molecule has 532 valence electrons. The number of H-pyrrole nitrogens is 6. The van der Waals surface area contributed by atoms with Crippen LogP contribution >= 0.6 is 0 Å². The Morgan fingerprint density at radius 1 is 0.485 bits per heavy atom. The monoisotopic (exact) mass is 1420 g/mol. The summed E-state index contributed by atoms with van der Waals surface area (Å²) < 4.78 is 151. The molecular weight excluding hydrogens is 1350 g/mol. The number of allylic oxidation sites excluding steroid dienone is 6. The molecule has 4 aromatic carbocycles. The van der Waals surface area contributed by atoms with Crippen LogP contribution in [-0.4, -0.2) is 71.1 Å². The largest absolute Gasteiger partial charge is 0.435 e. The van der Waals surface area contributed by atoms with Gasteiger partial charge in [0.25, 0.3) is 16.7 Å². The molecule has 3 unspecified atom stereocenters. The maximum atomic E-state index is 13.9. The molecule has 0 saturated heterocycles. The van der Waals surface area contributed by atoms with Crippen LogP contribution in [0.5, 0.6) is 0 Å². The maximum Gasteiger partial charge on any atom is 0.435 e. The lowest BCUT2D eigenvalue weighted by Crippen LogP contribution is -2.30. The minimum absolute atomic E-state index is 0.0763. The number of rotatable bonds is 15. The summed E-state index contributed by atoms with van der Waals surface area (Å²) in [5.74, 6) is -0.576. The maximum absolute atomic E-state index is 13.9. The lowest BCUT2D eigenvalue weighted by atomic mass is 9.82. The van der Waals surface area contributed by atoms with Crippen molar-refractivity contribution in [2.45, 2.75) is 138 Å². The summed E-state index contributed by atoms with van der Waals surface area (Å²) in [6.45, 7) is 3.56. The molecule has 5 heterocycles. The highest BCUT2D eigenvalue weighted by Gasteiger charge is 2.41. The van der Waals surface area contributed by atoms with Crippen molar-refractivity contribution in [3.8, 4) is 0 Å². The van der Waals surface area contributed by atoms with Crippen LogP contribution < -0.4 is 33.7 Å². The van der Waals surface area contributed by atoms with Crippen molar-refractivity contribution < 1.29 is 47.9 Å². The van der Waals surface area contributed by atoms with E-state index in [1.54, 1.807) is 39.1 Å². The number of aromatic nitrogens is 9. The fourth-order valence-electron chi connectivity index (χ4n) is 13.2. The summed E-state index contributed by atoms with van der Waals surface area (Å²) in [6, 6.07) is 31.0. The normalized spacial score (nSPS) is 16.8. The summed E-state index contributed by atoms with van der Waals surface area (Å²) in [4.78, 5) is 88.5. The van der Waals surface area contributed by atoms with Gasteiger partial charge in [0.05, 0.1) is 16.0 Å². The Kier molecular flexibility index (Phi) is 22.2. The van der Waals surface area contributed by atoms with E-state index in [1.165, 1.54) is 47.9 Å². The number of hydrogen-bond acceptors (Lipinski definition) is 9. The van der Waals surface area contributed by atoms with Crippen molar-refractivity contribution >= 4 is 26.7 Å². The van der Waals surface area contributed by atoms with Crippen LogP contribution in [0.4, 0.5) is 39.5 Å². The summed E-state index contributed by atoms with van der Waals surface area (Å²) in [5.41, 5.74) is 1.92. The Morgan fingerprint density at radius 3 is 1.20 bits per heavy atom. The molecular formula is C73H73F9N10O8S. The van der Waals surface area contributed by atoms with E-state index in [-0.39, 0.29) is 46.9 Å². The molecule has 18 nitrogen and oxygen atoms in total. The second-order valence-electron chi connectivity index (χ2n) is 25.7. The Labute approximate surface area is 572 Å². The molecule has 9 aromatic rings. The molecule has 0 bridgehead atoms. The zero-order valence-corrected chi connectivity index (χ0v) is 56.3. The first-order chi connectivity index (χ1) is 47.7. The number of halogens is 9. The number of nitrogens with one attached hydrogen (secondary N) is 6. The van der Waals surface area contributed by atoms with Crippen LogP contribution in [0.25, 0.3) is 16.7 Å². The number of benzene rings is 4. The van der Waals surface area contributed by atoms with Crippen molar-refractivity contribution in [1.29, 1.82) is 0 Å². The van der Waals surface area contributed by atoms with Crippen LogP contribution in [0.3, 0.4) is 0 Å². The number of alkyl halides is 9. The van der Waals surface area contributed by atoms with Crippen LogP contribution in [0.15, 0.2) is 180 Å². The molecule has 0 radical (unpaired) electrons. The van der Waals surface area contributed by atoms with Gasteiger partial charge in [-0.2, -0.15) is 44.6 Å². The van der Waals surface area contributed by atoms with Gasteiger partial charge in [-0.25, -0.2) is 27.1 Å². The summed E-state index contributed by atoms with van der Waals surface area (Å²) >= 11 is 0. The van der Waals surface area contributed by atoms with Gasteiger partial charge in [-0.3, -0.25) is 34.0 Å². The smallest absolute Gasteiger partial charge is 0.356 e. The second-order valence-corrected chi connectivity index (χ2v) is 27.8. The highest BCUT2D eigenvalue weighted by molar-refractivity contribution is 7.89. The fraction of sp³-hybridized carbons (Fsp3) is 0.329. The molecule has 0 aliphatic heterocycles. The van der Waals surface area contributed by atoms with Gasteiger partial charge in [-0.05, 0) is 123 Å². The molecule has 0 saturated carbocycles. The van der Waals surface area contributed by atoms with E-state index in [9.17, 15) is 76.7 Å². The highest BCUT2D eigenvalue weighted by atomic mass is 32.2. The molecule has 3 atom stereocenters. The van der Waals surface area contributed by atoms with Crippen LogP contribution in [0.2, 0.25) is 0 Å².